The highest BCUT2D eigenvalue weighted by molar-refractivity contribution is 6.32. The van der Waals surface area contributed by atoms with E-state index < -0.39 is 23.8 Å². The molecule has 1 saturated carbocycles. The van der Waals surface area contributed by atoms with Crippen LogP contribution in [-0.4, -0.2) is 41.2 Å². The maximum absolute atomic E-state index is 12.7. The van der Waals surface area contributed by atoms with Crippen LogP contribution in [0.3, 0.4) is 0 Å². The molecule has 1 aromatic heterocycles. The Morgan fingerprint density at radius 2 is 1.94 bits per heavy atom. The molecule has 1 aliphatic rings. The summed E-state index contributed by atoms with van der Waals surface area (Å²) in [5.41, 5.74) is 0.894. The molecule has 0 bridgehead atoms. The van der Waals surface area contributed by atoms with Crippen molar-refractivity contribution in [3.8, 4) is 17.2 Å². The van der Waals surface area contributed by atoms with Gasteiger partial charge in [0.25, 0.3) is 0 Å². The number of aryl methyl sites for hydroxylation is 1. The second-order valence-electron chi connectivity index (χ2n) is 8.23. The number of nitrogens with zero attached hydrogens (tertiary/aromatic N) is 1. The maximum atomic E-state index is 12.7. The lowest BCUT2D eigenvalue weighted by atomic mass is 10.0. The van der Waals surface area contributed by atoms with E-state index in [1.807, 2.05) is 25.1 Å². The Labute approximate surface area is 192 Å². The van der Waals surface area contributed by atoms with Crippen molar-refractivity contribution in [2.45, 2.75) is 52.2 Å². The Kier molecular flexibility index (Phi) is 7.61. The number of hydrogen-bond donors (Lipinski definition) is 1. The van der Waals surface area contributed by atoms with Gasteiger partial charge in [0.1, 0.15) is 18.0 Å². The standard InChI is InChI=1S/C24H28ClNO6/c1-13-5-8-19(17(25)11-13)32-23(16-6-7-16)15(3)31-24(29)14(2)12-18(27)21-22(28)20(30-4)9-10-26-21/h5,8-11,14-16,23,28H,6-7,12H2,1-4H3/t14-,15+,23+/m1/s1. The van der Waals surface area contributed by atoms with Crippen LogP contribution in [0.4, 0.5) is 0 Å². The van der Waals surface area contributed by atoms with Crippen molar-refractivity contribution in [3.05, 3.63) is 46.7 Å². The van der Waals surface area contributed by atoms with Gasteiger partial charge in [-0.25, -0.2) is 4.98 Å². The second-order valence-corrected chi connectivity index (χ2v) is 8.64. The van der Waals surface area contributed by atoms with Crippen molar-refractivity contribution >= 4 is 23.4 Å². The molecule has 8 heteroatoms. The molecule has 0 amide bonds. The fourth-order valence-corrected chi connectivity index (χ4v) is 3.76. The molecule has 1 N–H and O–H groups in total. The van der Waals surface area contributed by atoms with Crippen LogP contribution in [0.2, 0.25) is 5.02 Å². The molecule has 3 atom stereocenters. The maximum Gasteiger partial charge on any atom is 0.309 e. The summed E-state index contributed by atoms with van der Waals surface area (Å²) < 4.78 is 16.8. The van der Waals surface area contributed by atoms with Gasteiger partial charge in [0.05, 0.1) is 18.1 Å². The summed E-state index contributed by atoms with van der Waals surface area (Å²) in [5.74, 6) is -1.07. The van der Waals surface area contributed by atoms with Crippen LogP contribution >= 0.6 is 11.6 Å². The van der Waals surface area contributed by atoms with Gasteiger partial charge in [-0.05, 0) is 50.3 Å². The largest absolute Gasteiger partial charge is 0.503 e. The minimum Gasteiger partial charge on any atom is -0.503 e. The lowest BCUT2D eigenvalue weighted by Gasteiger charge is -2.26. The molecule has 7 nitrogen and oxygen atoms in total. The number of methoxy groups -OCH3 is 1. The first kappa shape index (κ1) is 23.9. The molecule has 0 unspecified atom stereocenters. The third-order valence-corrected chi connectivity index (χ3v) is 5.76. The summed E-state index contributed by atoms with van der Waals surface area (Å²) in [6, 6.07) is 7.01. The molecule has 1 heterocycles. The Morgan fingerprint density at radius 1 is 1.22 bits per heavy atom. The molecule has 1 aromatic carbocycles. The number of hydrogen-bond acceptors (Lipinski definition) is 7. The summed E-state index contributed by atoms with van der Waals surface area (Å²) in [6.07, 6.45) is 2.35. The zero-order chi connectivity index (χ0) is 23.4. The van der Waals surface area contributed by atoms with Crippen LogP contribution < -0.4 is 9.47 Å². The lowest BCUT2D eigenvalue weighted by Crippen LogP contribution is -2.37. The van der Waals surface area contributed by atoms with E-state index in [-0.39, 0.29) is 35.6 Å². The van der Waals surface area contributed by atoms with Crippen molar-refractivity contribution in [1.82, 2.24) is 4.98 Å². The molecule has 0 radical (unpaired) electrons. The monoisotopic (exact) mass is 461 g/mol. The van der Waals surface area contributed by atoms with E-state index in [1.54, 1.807) is 13.8 Å². The number of aromatic hydroxyl groups is 1. The van der Waals surface area contributed by atoms with Gasteiger partial charge >= 0.3 is 5.97 Å². The van der Waals surface area contributed by atoms with E-state index in [1.165, 1.54) is 19.4 Å². The molecule has 0 spiro atoms. The Bertz CT molecular complexity index is 990. The van der Waals surface area contributed by atoms with Crippen LogP contribution in [-0.2, 0) is 9.53 Å². The molecule has 172 valence electrons. The summed E-state index contributed by atoms with van der Waals surface area (Å²) in [5, 5.41) is 10.6. The van der Waals surface area contributed by atoms with Gasteiger partial charge in [0, 0.05) is 18.7 Å². The van der Waals surface area contributed by atoms with Gasteiger partial charge in [-0.1, -0.05) is 24.6 Å². The zero-order valence-corrected chi connectivity index (χ0v) is 19.4. The first-order chi connectivity index (χ1) is 15.2. The summed E-state index contributed by atoms with van der Waals surface area (Å²) in [7, 11) is 1.38. The molecule has 1 fully saturated rings. The zero-order valence-electron chi connectivity index (χ0n) is 18.6. The third kappa shape index (κ3) is 5.71. The Morgan fingerprint density at radius 3 is 2.56 bits per heavy atom. The quantitative estimate of drug-likeness (QED) is 0.402. The first-order valence-electron chi connectivity index (χ1n) is 10.6. The number of benzene rings is 1. The van der Waals surface area contributed by atoms with Gasteiger partial charge in [0.15, 0.2) is 23.0 Å². The number of carbonyl (C=O) groups excluding carboxylic acids is 2. The van der Waals surface area contributed by atoms with Crippen LogP contribution in [0.1, 0.15) is 49.2 Å². The number of rotatable bonds is 10. The van der Waals surface area contributed by atoms with E-state index in [2.05, 4.69) is 4.98 Å². The van der Waals surface area contributed by atoms with Crippen LogP contribution in [0.25, 0.3) is 0 Å². The van der Waals surface area contributed by atoms with Crippen LogP contribution in [0.5, 0.6) is 17.2 Å². The minimum atomic E-state index is -0.722. The number of Topliss-reactive ketones (excluding diaryl/α,β-unsaturated/α-hetero) is 1. The summed E-state index contributed by atoms with van der Waals surface area (Å²) in [6.45, 7) is 5.34. The summed E-state index contributed by atoms with van der Waals surface area (Å²) >= 11 is 6.30. The fraction of sp³-hybridized carbons (Fsp3) is 0.458. The number of aromatic nitrogens is 1. The first-order valence-corrected chi connectivity index (χ1v) is 11.0. The van der Waals surface area contributed by atoms with E-state index in [4.69, 9.17) is 25.8 Å². The molecule has 3 rings (SSSR count). The molecule has 32 heavy (non-hydrogen) atoms. The third-order valence-electron chi connectivity index (χ3n) is 5.47. The smallest absolute Gasteiger partial charge is 0.309 e. The average Bonchev–Trinajstić information content (AvgIpc) is 3.58. The molecule has 0 aliphatic heterocycles. The molecular formula is C24H28ClNO6. The highest BCUT2D eigenvalue weighted by atomic mass is 35.5. The van der Waals surface area contributed by atoms with Crippen LogP contribution in [0, 0.1) is 18.8 Å². The van der Waals surface area contributed by atoms with Crippen LogP contribution in [0.15, 0.2) is 30.5 Å². The second kappa shape index (κ2) is 10.2. The molecule has 2 aromatic rings. The number of carbonyl (C=O) groups is 2. The van der Waals surface area contributed by atoms with Crippen molar-refractivity contribution in [2.75, 3.05) is 7.11 Å². The average molecular weight is 462 g/mol. The summed E-state index contributed by atoms with van der Waals surface area (Å²) in [4.78, 5) is 29.2. The van der Waals surface area contributed by atoms with Gasteiger partial charge in [-0.15, -0.1) is 0 Å². The van der Waals surface area contributed by atoms with Gasteiger partial charge in [-0.2, -0.15) is 0 Å². The predicted octanol–water partition coefficient (Wildman–Crippen LogP) is 4.76. The van der Waals surface area contributed by atoms with Crippen molar-refractivity contribution in [2.24, 2.45) is 11.8 Å². The predicted molar refractivity (Wildman–Crippen MR) is 119 cm³/mol. The fourth-order valence-electron chi connectivity index (χ4n) is 3.48. The number of esters is 1. The SMILES string of the molecule is COc1ccnc(C(=O)C[C@@H](C)C(=O)O[C@@H](C)[C@H](Oc2ccc(C)cc2Cl)C2CC2)c1O. The Hall–Kier alpha value is -2.80. The highest BCUT2D eigenvalue weighted by Gasteiger charge is 2.39. The number of ether oxygens (including phenoxy) is 3. The topological polar surface area (TPSA) is 95.0 Å². The van der Waals surface area contributed by atoms with Gasteiger partial charge in [0.2, 0.25) is 0 Å². The lowest BCUT2D eigenvalue weighted by molar-refractivity contribution is -0.157. The molecule has 1 aliphatic carbocycles. The van der Waals surface area contributed by atoms with Crippen molar-refractivity contribution < 1.29 is 28.9 Å². The van der Waals surface area contributed by atoms with E-state index in [0.717, 1.165) is 18.4 Å². The highest BCUT2D eigenvalue weighted by Crippen LogP contribution is 2.39. The van der Waals surface area contributed by atoms with Gasteiger partial charge < -0.3 is 19.3 Å². The minimum absolute atomic E-state index is 0.134. The van der Waals surface area contributed by atoms with E-state index >= 15 is 0 Å². The van der Waals surface area contributed by atoms with Gasteiger partial charge in [-0.3, -0.25) is 9.59 Å². The number of halogens is 1. The molecule has 0 saturated heterocycles. The van der Waals surface area contributed by atoms with E-state index in [0.29, 0.717) is 10.8 Å². The van der Waals surface area contributed by atoms with E-state index in [9.17, 15) is 14.7 Å². The van der Waals surface area contributed by atoms with Crippen molar-refractivity contribution in [1.29, 1.82) is 0 Å². The molecular weight excluding hydrogens is 434 g/mol. The Balaban J connectivity index is 1.62. The number of pyridine rings is 1. The normalized spacial score (nSPS) is 16.0. The number of ketones is 1. The van der Waals surface area contributed by atoms with Crippen molar-refractivity contribution in [3.63, 3.8) is 0 Å².